The van der Waals surface area contributed by atoms with Crippen LogP contribution in [0.15, 0.2) is 12.2 Å². The second-order valence-corrected chi connectivity index (χ2v) is 2.17. The largest absolute Gasteiger partial charge is 0.542 e. The first-order valence-electron chi connectivity index (χ1n) is 3.53. The molecule has 7 heteroatoms. The predicted octanol–water partition coefficient (Wildman–Crippen LogP) is 0.536. The van der Waals surface area contributed by atoms with E-state index in [1.807, 2.05) is 0 Å². The van der Waals surface area contributed by atoms with Gasteiger partial charge in [-0.05, 0) is 6.92 Å². The van der Waals surface area contributed by atoms with Crippen LogP contribution in [0.2, 0.25) is 0 Å². The second kappa shape index (κ2) is 6.87. The van der Waals surface area contributed by atoms with Crippen LogP contribution in [0.4, 0.5) is 4.79 Å². The Hall–Kier alpha value is -1.60. The lowest BCUT2D eigenvalue weighted by atomic mass is 10.4. The lowest BCUT2D eigenvalue weighted by molar-refractivity contribution is -0.500. The van der Waals surface area contributed by atoms with Gasteiger partial charge in [0.2, 0.25) is 0 Å². The van der Waals surface area contributed by atoms with Gasteiger partial charge in [0.05, 0.1) is 0 Å². The quantitative estimate of drug-likeness (QED) is 0.214. The maximum absolute atomic E-state index is 10.7. The van der Waals surface area contributed by atoms with Gasteiger partial charge in [-0.25, -0.2) is 14.5 Å². The van der Waals surface area contributed by atoms with E-state index in [1.54, 1.807) is 0 Å². The van der Waals surface area contributed by atoms with Gasteiger partial charge in [0.25, 0.3) is 0 Å². The van der Waals surface area contributed by atoms with Crippen molar-refractivity contribution in [2.75, 3.05) is 13.2 Å². The molecule has 0 N–H and O–H groups in total. The number of esters is 1. The molecule has 0 rings (SSSR count). The van der Waals surface area contributed by atoms with Gasteiger partial charge in [-0.15, -0.1) is 0 Å². The molecular formula is C7H9O7. The minimum atomic E-state index is -1.30. The highest BCUT2D eigenvalue weighted by atomic mass is 17.5. The van der Waals surface area contributed by atoms with Crippen molar-refractivity contribution in [3.63, 3.8) is 0 Å². The summed E-state index contributed by atoms with van der Waals surface area (Å²) in [5.41, 5.74) is 0.232. The molecule has 0 saturated carbocycles. The highest BCUT2D eigenvalue weighted by Crippen LogP contribution is 1.92. The van der Waals surface area contributed by atoms with Crippen LogP contribution in [0.5, 0.6) is 0 Å². The van der Waals surface area contributed by atoms with Crippen molar-refractivity contribution in [1.29, 1.82) is 0 Å². The Kier molecular flexibility index (Phi) is 6.08. The first-order chi connectivity index (χ1) is 6.57. The zero-order valence-electron chi connectivity index (χ0n) is 7.48. The van der Waals surface area contributed by atoms with Crippen molar-refractivity contribution in [3.05, 3.63) is 12.2 Å². The van der Waals surface area contributed by atoms with Gasteiger partial charge >= 0.3 is 12.1 Å². The normalized spacial score (nSPS) is 9.00. The van der Waals surface area contributed by atoms with Crippen LogP contribution in [0, 0.1) is 0 Å². The summed E-state index contributed by atoms with van der Waals surface area (Å²) in [7, 11) is 0. The number of hydrogen-bond donors (Lipinski definition) is 0. The lowest BCUT2D eigenvalue weighted by Gasteiger charge is -2.03. The zero-order chi connectivity index (χ0) is 11.0. The van der Waals surface area contributed by atoms with E-state index >= 15 is 0 Å². The van der Waals surface area contributed by atoms with E-state index in [9.17, 15) is 14.8 Å². The fourth-order valence-corrected chi connectivity index (χ4v) is 0.434. The maximum Gasteiger partial charge on any atom is 0.542 e. The second-order valence-electron chi connectivity index (χ2n) is 2.17. The van der Waals surface area contributed by atoms with Crippen LogP contribution in [0.1, 0.15) is 6.92 Å². The summed E-state index contributed by atoms with van der Waals surface area (Å²) in [4.78, 5) is 24.5. The molecule has 0 aromatic rings. The molecule has 0 aromatic carbocycles. The summed E-state index contributed by atoms with van der Waals surface area (Å²) in [6.45, 7) is 4.42. The molecule has 0 aliphatic rings. The smallest absolute Gasteiger partial charge is 0.459 e. The topological polar surface area (TPSA) is 91.0 Å². The maximum atomic E-state index is 10.7. The summed E-state index contributed by atoms with van der Waals surface area (Å²) in [6, 6.07) is 0. The SMILES string of the molecule is C=C(C)C(=O)OCCOC(=O)OO[O]. The van der Waals surface area contributed by atoms with E-state index in [1.165, 1.54) is 6.92 Å². The average molecular weight is 205 g/mol. The Morgan fingerprint density at radius 2 is 1.79 bits per heavy atom. The van der Waals surface area contributed by atoms with E-state index in [0.717, 1.165) is 0 Å². The highest BCUT2D eigenvalue weighted by molar-refractivity contribution is 5.86. The number of rotatable bonds is 5. The van der Waals surface area contributed by atoms with Gasteiger partial charge in [-0.1, -0.05) is 6.58 Å². The summed E-state index contributed by atoms with van der Waals surface area (Å²) < 4.78 is 8.76. The molecule has 0 bridgehead atoms. The first kappa shape index (κ1) is 12.4. The fourth-order valence-electron chi connectivity index (χ4n) is 0.434. The molecule has 0 aliphatic heterocycles. The number of carbonyl (C=O) groups excluding carboxylic acids is 2. The zero-order valence-corrected chi connectivity index (χ0v) is 7.48. The third-order valence-corrected chi connectivity index (χ3v) is 0.987. The molecule has 14 heavy (non-hydrogen) atoms. The summed E-state index contributed by atoms with van der Waals surface area (Å²) in [6.07, 6.45) is -1.30. The molecule has 1 radical (unpaired) electrons. The summed E-state index contributed by atoms with van der Waals surface area (Å²) in [5, 5.41) is 12.0. The Bertz CT molecular complexity index is 222. The van der Waals surface area contributed by atoms with Crippen LogP contribution in [0.25, 0.3) is 0 Å². The van der Waals surface area contributed by atoms with E-state index in [-0.39, 0.29) is 18.8 Å². The van der Waals surface area contributed by atoms with Crippen molar-refractivity contribution in [2.45, 2.75) is 6.92 Å². The molecule has 0 saturated heterocycles. The Labute approximate surface area is 79.7 Å². The Morgan fingerprint density at radius 1 is 1.21 bits per heavy atom. The van der Waals surface area contributed by atoms with Crippen molar-refractivity contribution in [1.82, 2.24) is 0 Å². The van der Waals surface area contributed by atoms with Crippen molar-refractivity contribution in [3.8, 4) is 0 Å². The van der Waals surface area contributed by atoms with Gasteiger partial charge < -0.3 is 9.47 Å². The van der Waals surface area contributed by atoms with Crippen molar-refractivity contribution >= 4 is 12.1 Å². The van der Waals surface area contributed by atoms with Crippen LogP contribution in [-0.4, -0.2) is 25.3 Å². The standard InChI is InChI=1S/C7H9O7/c1-5(2)6(8)11-3-4-12-7(9)13-14-10/h1,3-4H2,2H3. The summed E-state index contributed by atoms with van der Waals surface area (Å²) in [5.74, 6) is -0.595. The lowest BCUT2D eigenvalue weighted by Crippen LogP contribution is -2.14. The summed E-state index contributed by atoms with van der Waals surface area (Å²) >= 11 is 0. The molecule has 7 nitrogen and oxygen atoms in total. The van der Waals surface area contributed by atoms with Crippen LogP contribution in [0.3, 0.4) is 0 Å². The third kappa shape index (κ3) is 5.98. The molecule has 0 amide bonds. The highest BCUT2D eigenvalue weighted by Gasteiger charge is 2.06. The van der Waals surface area contributed by atoms with Gasteiger partial charge in [0, 0.05) is 15.9 Å². The van der Waals surface area contributed by atoms with Gasteiger partial charge in [0.1, 0.15) is 13.2 Å². The molecule has 79 valence electrons. The molecule has 0 fully saturated rings. The van der Waals surface area contributed by atoms with E-state index in [0.29, 0.717) is 0 Å². The van der Waals surface area contributed by atoms with E-state index in [2.05, 4.69) is 26.0 Å². The Balaban J connectivity index is 3.42. The first-order valence-corrected chi connectivity index (χ1v) is 3.53. The number of carbonyl (C=O) groups is 2. The van der Waals surface area contributed by atoms with Gasteiger partial charge in [-0.2, -0.15) is 0 Å². The van der Waals surface area contributed by atoms with Crippen LogP contribution >= 0.6 is 0 Å². The predicted molar refractivity (Wildman–Crippen MR) is 40.0 cm³/mol. The molecule has 0 atom stereocenters. The Morgan fingerprint density at radius 3 is 2.29 bits per heavy atom. The number of ether oxygens (including phenoxy) is 2. The minimum absolute atomic E-state index is 0.153. The van der Waals surface area contributed by atoms with E-state index in [4.69, 9.17) is 0 Å². The van der Waals surface area contributed by atoms with Crippen molar-refractivity contribution in [2.24, 2.45) is 0 Å². The van der Waals surface area contributed by atoms with E-state index < -0.39 is 12.1 Å². The molecular weight excluding hydrogens is 196 g/mol. The van der Waals surface area contributed by atoms with Gasteiger partial charge in [0.15, 0.2) is 0 Å². The number of hydrogen-bond acceptors (Lipinski definition) is 6. The molecule has 0 aliphatic carbocycles. The van der Waals surface area contributed by atoms with Crippen molar-refractivity contribution < 1.29 is 34.2 Å². The fraction of sp³-hybridized carbons (Fsp3) is 0.429. The molecule has 0 aromatic heterocycles. The molecule has 0 heterocycles. The minimum Gasteiger partial charge on any atom is -0.459 e. The molecule has 0 unspecified atom stereocenters. The molecule has 0 spiro atoms. The van der Waals surface area contributed by atoms with Crippen LogP contribution in [-0.2, 0) is 29.5 Å². The monoisotopic (exact) mass is 205 g/mol. The van der Waals surface area contributed by atoms with Crippen LogP contribution < -0.4 is 0 Å². The van der Waals surface area contributed by atoms with Gasteiger partial charge in [-0.3, -0.25) is 0 Å². The average Bonchev–Trinajstić information content (AvgIpc) is 2.12. The third-order valence-electron chi connectivity index (χ3n) is 0.987.